The van der Waals surface area contributed by atoms with Gasteiger partial charge in [0.1, 0.15) is 0 Å². The van der Waals surface area contributed by atoms with Crippen LogP contribution in [0.2, 0.25) is 6.55 Å². The summed E-state index contributed by atoms with van der Waals surface area (Å²) in [4.78, 5) is 0. The van der Waals surface area contributed by atoms with Crippen molar-refractivity contribution in [3.8, 4) is 0 Å². The third kappa shape index (κ3) is 3.12. The third-order valence-corrected chi connectivity index (χ3v) is 5.76. The molecule has 0 nitrogen and oxygen atoms in total. The zero-order valence-electron chi connectivity index (χ0n) is 9.61. The second-order valence-corrected chi connectivity index (χ2v) is 12.0. The van der Waals surface area contributed by atoms with Crippen molar-refractivity contribution in [2.75, 3.05) is 0 Å². The predicted molar refractivity (Wildman–Crippen MR) is 78.1 cm³/mol. The molecule has 0 saturated carbocycles. The van der Waals surface area contributed by atoms with Crippen LogP contribution in [0, 0.1) is 0 Å². The van der Waals surface area contributed by atoms with Crippen LogP contribution in [0.4, 0.5) is 0 Å². The van der Waals surface area contributed by atoms with Crippen LogP contribution >= 0.6 is 22.2 Å². The van der Waals surface area contributed by atoms with E-state index in [0.717, 1.165) is 0 Å². The van der Waals surface area contributed by atoms with Crippen LogP contribution in [-0.2, 0) is 0 Å². The van der Waals surface area contributed by atoms with Gasteiger partial charge in [-0.25, -0.2) is 0 Å². The fraction of sp³-hybridized carbons (Fsp3) is 0.143. The van der Waals surface area contributed by atoms with Gasteiger partial charge in [-0.05, 0) is 17.7 Å². The average molecular weight is 281 g/mol. The largest absolute Gasteiger partial charge is 0.259 e. The van der Waals surface area contributed by atoms with Crippen LogP contribution in [0.1, 0.15) is 16.7 Å². The predicted octanol–water partition coefficient (Wildman–Crippen LogP) is 4.91. The Kier molecular flexibility index (Phi) is 3.92. The van der Waals surface area contributed by atoms with Crippen molar-refractivity contribution in [3.05, 3.63) is 71.8 Å². The van der Waals surface area contributed by atoms with Gasteiger partial charge in [0, 0.05) is 5.54 Å². The van der Waals surface area contributed by atoms with E-state index in [2.05, 4.69) is 24.3 Å². The fourth-order valence-electron chi connectivity index (χ4n) is 2.07. The molecule has 0 aromatic heterocycles. The molecular weight excluding hydrogens is 267 g/mol. The first-order chi connectivity index (χ1) is 8.09. The van der Waals surface area contributed by atoms with Gasteiger partial charge in [0.25, 0.3) is 6.69 Å². The lowest BCUT2D eigenvalue weighted by molar-refractivity contribution is 1.11. The third-order valence-electron chi connectivity index (χ3n) is 2.77. The van der Waals surface area contributed by atoms with Crippen LogP contribution < -0.4 is 0 Å². The SMILES string of the molecule is C[Si](Cl)(Cl)C(c1ccccc1)c1ccccc1. The molecule has 2 rings (SSSR count). The first-order valence-electron chi connectivity index (χ1n) is 5.57. The highest BCUT2D eigenvalue weighted by Gasteiger charge is 2.35. The first-order valence-corrected chi connectivity index (χ1v) is 10.2. The van der Waals surface area contributed by atoms with E-state index in [4.69, 9.17) is 22.2 Å². The Morgan fingerprint density at radius 1 is 0.765 bits per heavy atom. The van der Waals surface area contributed by atoms with Crippen LogP contribution in [0.15, 0.2) is 60.7 Å². The summed E-state index contributed by atoms with van der Waals surface area (Å²) in [5, 5.41) is 0. The number of hydrogen-bond donors (Lipinski definition) is 0. The molecule has 0 atom stereocenters. The normalized spacial score (nSPS) is 11.8. The van der Waals surface area contributed by atoms with Gasteiger partial charge in [0.15, 0.2) is 0 Å². The van der Waals surface area contributed by atoms with Crippen molar-refractivity contribution in [2.24, 2.45) is 0 Å². The van der Waals surface area contributed by atoms with Crippen molar-refractivity contribution >= 4 is 28.9 Å². The smallest absolute Gasteiger partial charge is 0.145 e. The molecule has 17 heavy (non-hydrogen) atoms. The molecule has 0 N–H and O–H groups in total. The van der Waals surface area contributed by atoms with E-state index < -0.39 is 6.69 Å². The molecule has 2 aromatic rings. The van der Waals surface area contributed by atoms with Gasteiger partial charge >= 0.3 is 0 Å². The first kappa shape index (κ1) is 12.7. The maximum atomic E-state index is 6.47. The molecular formula is C14H14Cl2Si. The molecule has 0 spiro atoms. The highest BCUT2D eigenvalue weighted by atomic mass is 35.7. The Morgan fingerprint density at radius 3 is 1.41 bits per heavy atom. The summed E-state index contributed by atoms with van der Waals surface area (Å²) in [7, 11) is 0. The van der Waals surface area contributed by atoms with E-state index in [-0.39, 0.29) is 5.54 Å². The maximum absolute atomic E-state index is 6.47. The Hall–Kier alpha value is -0.763. The molecule has 0 radical (unpaired) electrons. The Balaban J connectivity index is 2.48. The molecule has 0 heterocycles. The van der Waals surface area contributed by atoms with Crippen LogP contribution in [0.5, 0.6) is 0 Å². The summed E-state index contributed by atoms with van der Waals surface area (Å²) < 4.78 is 0. The standard InChI is InChI=1S/C14H14Cl2Si/c1-17(15,16)14(12-8-4-2-5-9-12)13-10-6-3-7-11-13/h2-11,14H,1H3. The van der Waals surface area contributed by atoms with Crippen LogP contribution in [0.25, 0.3) is 0 Å². The second kappa shape index (κ2) is 5.26. The van der Waals surface area contributed by atoms with Crippen molar-refractivity contribution in [3.63, 3.8) is 0 Å². The van der Waals surface area contributed by atoms with E-state index in [1.807, 2.05) is 42.9 Å². The fourth-order valence-corrected chi connectivity index (χ4v) is 5.14. The summed E-state index contributed by atoms with van der Waals surface area (Å²) in [6.45, 7) is -0.351. The lowest BCUT2D eigenvalue weighted by Gasteiger charge is -2.25. The zero-order chi connectivity index (χ0) is 12.3. The molecule has 0 aliphatic carbocycles. The van der Waals surface area contributed by atoms with Crippen molar-refractivity contribution in [1.82, 2.24) is 0 Å². The molecule has 88 valence electrons. The van der Waals surface area contributed by atoms with Gasteiger partial charge < -0.3 is 0 Å². The summed E-state index contributed by atoms with van der Waals surface area (Å²) in [5.41, 5.74) is 2.50. The van der Waals surface area contributed by atoms with Gasteiger partial charge in [-0.3, -0.25) is 0 Å². The molecule has 3 heteroatoms. The molecule has 0 aliphatic heterocycles. The lowest BCUT2D eigenvalue weighted by Crippen LogP contribution is -2.26. The monoisotopic (exact) mass is 280 g/mol. The topological polar surface area (TPSA) is 0 Å². The van der Waals surface area contributed by atoms with Crippen LogP contribution in [0.3, 0.4) is 0 Å². The number of rotatable bonds is 3. The highest BCUT2D eigenvalue weighted by molar-refractivity contribution is 7.45. The van der Waals surface area contributed by atoms with Crippen molar-refractivity contribution in [1.29, 1.82) is 0 Å². The quantitative estimate of drug-likeness (QED) is 0.554. The molecule has 2 aromatic carbocycles. The Bertz CT molecular complexity index is 423. The summed E-state index contributed by atoms with van der Waals surface area (Å²) in [6, 6.07) is 20.5. The van der Waals surface area contributed by atoms with Crippen LogP contribution in [-0.4, -0.2) is 6.69 Å². The summed E-state index contributed by atoms with van der Waals surface area (Å²) in [5.74, 6) is 0. The molecule has 0 unspecified atom stereocenters. The van der Waals surface area contributed by atoms with Gasteiger partial charge in [0.05, 0.1) is 0 Å². The molecule has 0 saturated heterocycles. The van der Waals surface area contributed by atoms with Gasteiger partial charge in [-0.1, -0.05) is 60.7 Å². The van der Waals surface area contributed by atoms with E-state index >= 15 is 0 Å². The Morgan fingerprint density at radius 2 is 1.12 bits per heavy atom. The average Bonchev–Trinajstić information content (AvgIpc) is 2.30. The summed E-state index contributed by atoms with van der Waals surface area (Å²) in [6.07, 6.45) is 0. The van der Waals surface area contributed by atoms with Crippen molar-refractivity contribution in [2.45, 2.75) is 12.1 Å². The molecule has 0 amide bonds. The van der Waals surface area contributed by atoms with E-state index in [9.17, 15) is 0 Å². The van der Waals surface area contributed by atoms with E-state index in [0.29, 0.717) is 0 Å². The van der Waals surface area contributed by atoms with Gasteiger partial charge in [0.2, 0.25) is 0 Å². The minimum atomic E-state index is -2.32. The Labute approximate surface area is 113 Å². The summed E-state index contributed by atoms with van der Waals surface area (Å²) >= 11 is 12.9. The minimum absolute atomic E-state index is 0.119. The molecule has 0 aliphatic rings. The molecule has 0 bridgehead atoms. The number of benzene rings is 2. The zero-order valence-corrected chi connectivity index (χ0v) is 12.1. The van der Waals surface area contributed by atoms with E-state index in [1.54, 1.807) is 0 Å². The second-order valence-electron chi connectivity index (χ2n) is 4.21. The highest BCUT2D eigenvalue weighted by Crippen LogP contribution is 2.38. The maximum Gasteiger partial charge on any atom is 0.259 e. The van der Waals surface area contributed by atoms with Crippen molar-refractivity contribution < 1.29 is 0 Å². The van der Waals surface area contributed by atoms with E-state index in [1.165, 1.54) is 11.1 Å². The minimum Gasteiger partial charge on any atom is -0.145 e. The molecule has 0 fully saturated rings. The van der Waals surface area contributed by atoms with Gasteiger partial charge in [-0.15, -0.1) is 22.2 Å². The number of hydrogen-bond acceptors (Lipinski definition) is 0. The number of halogens is 2. The lowest BCUT2D eigenvalue weighted by atomic mass is 10.0. The van der Waals surface area contributed by atoms with Gasteiger partial charge in [-0.2, -0.15) is 0 Å².